The summed E-state index contributed by atoms with van der Waals surface area (Å²) in [7, 11) is 1.52. The van der Waals surface area contributed by atoms with Crippen molar-refractivity contribution in [2.24, 2.45) is 0 Å². The minimum Gasteiger partial charge on any atom is -0.373 e. The van der Waals surface area contributed by atoms with Crippen LogP contribution in [0.5, 0.6) is 0 Å². The average molecular weight is 302 g/mol. The smallest absolute Gasteiger partial charge is 0.373 e. The van der Waals surface area contributed by atoms with Gasteiger partial charge in [-0.05, 0) is 19.1 Å². The Bertz CT molecular complexity index is 595. The van der Waals surface area contributed by atoms with Crippen molar-refractivity contribution >= 4 is 23.0 Å². The molecule has 0 aliphatic carbocycles. The van der Waals surface area contributed by atoms with Gasteiger partial charge >= 0.3 is 6.18 Å². The molecule has 20 heavy (non-hydrogen) atoms. The molecule has 0 saturated heterocycles. The number of nitrogens with one attached hydrogen (secondary N) is 2. The average Bonchev–Trinajstić information content (AvgIpc) is 2.81. The summed E-state index contributed by atoms with van der Waals surface area (Å²) in [5.41, 5.74) is -0.741. The highest BCUT2D eigenvalue weighted by atomic mass is 32.1. The van der Waals surface area contributed by atoms with E-state index in [0.29, 0.717) is 6.54 Å². The van der Waals surface area contributed by atoms with E-state index >= 15 is 0 Å². The Morgan fingerprint density at radius 2 is 1.95 bits per heavy atom. The quantitative estimate of drug-likeness (QED) is 0.907. The highest BCUT2D eigenvalue weighted by Gasteiger charge is 2.31. The van der Waals surface area contributed by atoms with Gasteiger partial charge in [-0.2, -0.15) is 13.2 Å². The summed E-state index contributed by atoms with van der Waals surface area (Å²) in [6, 6.07) is 1.96. The fourth-order valence-corrected chi connectivity index (χ4v) is 2.29. The maximum atomic E-state index is 12.8. The Labute approximate surface area is 118 Å². The zero-order chi connectivity index (χ0) is 14.8. The summed E-state index contributed by atoms with van der Waals surface area (Å²) in [4.78, 5) is 9.23. The lowest BCUT2D eigenvalue weighted by Gasteiger charge is -2.12. The standard InChI is InChI=1S/C12H13F3N4S/c1-7-5-18-11(20-7)6-17-10-4-8(12(13,14)15)3-9(16-2)19-10/h3-5H,6H2,1-2H3,(H2,16,17,19). The lowest BCUT2D eigenvalue weighted by Crippen LogP contribution is -2.09. The van der Waals surface area contributed by atoms with E-state index in [1.165, 1.54) is 18.4 Å². The molecule has 0 saturated carbocycles. The van der Waals surface area contributed by atoms with Crippen LogP contribution in [0.4, 0.5) is 24.8 Å². The minimum absolute atomic E-state index is 0.164. The molecule has 0 spiro atoms. The Balaban J connectivity index is 2.18. The highest BCUT2D eigenvalue weighted by Crippen LogP contribution is 2.32. The summed E-state index contributed by atoms with van der Waals surface area (Å²) >= 11 is 1.49. The van der Waals surface area contributed by atoms with Gasteiger partial charge in [-0.3, -0.25) is 0 Å². The van der Waals surface area contributed by atoms with E-state index in [9.17, 15) is 13.2 Å². The van der Waals surface area contributed by atoms with Crippen molar-refractivity contribution in [1.29, 1.82) is 0 Å². The van der Waals surface area contributed by atoms with E-state index in [2.05, 4.69) is 20.6 Å². The summed E-state index contributed by atoms with van der Waals surface area (Å²) in [5.74, 6) is 0.328. The van der Waals surface area contributed by atoms with Crippen molar-refractivity contribution in [3.8, 4) is 0 Å². The van der Waals surface area contributed by atoms with Gasteiger partial charge in [-0.25, -0.2) is 9.97 Å². The fourth-order valence-electron chi connectivity index (χ4n) is 1.56. The van der Waals surface area contributed by atoms with E-state index in [4.69, 9.17) is 0 Å². The Morgan fingerprint density at radius 3 is 2.50 bits per heavy atom. The number of hydrogen-bond donors (Lipinski definition) is 2. The zero-order valence-electron chi connectivity index (χ0n) is 10.9. The number of aryl methyl sites for hydroxylation is 1. The molecule has 0 unspecified atom stereocenters. The number of rotatable bonds is 4. The van der Waals surface area contributed by atoms with E-state index in [1.54, 1.807) is 6.20 Å². The van der Waals surface area contributed by atoms with E-state index in [0.717, 1.165) is 22.0 Å². The van der Waals surface area contributed by atoms with Crippen LogP contribution in [0.3, 0.4) is 0 Å². The van der Waals surface area contributed by atoms with Crippen molar-refractivity contribution in [2.75, 3.05) is 17.7 Å². The van der Waals surface area contributed by atoms with Crippen LogP contribution in [-0.2, 0) is 12.7 Å². The maximum absolute atomic E-state index is 12.8. The number of pyridine rings is 1. The van der Waals surface area contributed by atoms with Crippen LogP contribution >= 0.6 is 11.3 Å². The van der Waals surface area contributed by atoms with E-state index in [1.807, 2.05) is 6.92 Å². The lowest BCUT2D eigenvalue weighted by molar-refractivity contribution is -0.137. The van der Waals surface area contributed by atoms with Gasteiger partial charge in [-0.1, -0.05) is 0 Å². The highest BCUT2D eigenvalue weighted by molar-refractivity contribution is 7.11. The van der Waals surface area contributed by atoms with Gasteiger partial charge in [0.25, 0.3) is 0 Å². The second kappa shape index (κ2) is 5.66. The molecule has 0 bridgehead atoms. The first-order valence-corrected chi connectivity index (χ1v) is 6.62. The molecule has 0 fully saturated rings. The largest absolute Gasteiger partial charge is 0.416 e. The third-order valence-corrected chi connectivity index (χ3v) is 3.41. The Kier molecular flexibility index (Phi) is 4.12. The molecule has 0 aromatic carbocycles. The summed E-state index contributed by atoms with van der Waals surface area (Å²) < 4.78 is 38.3. The van der Waals surface area contributed by atoms with Crippen LogP contribution in [0, 0.1) is 6.92 Å². The molecule has 8 heteroatoms. The third-order valence-electron chi connectivity index (χ3n) is 2.50. The van der Waals surface area contributed by atoms with Crippen molar-refractivity contribution in [2.45, 2.75) is 19.6 Å². The predicted octanol–water partition coefficient (Wildman–Crippen LogP) is 3.52. The van der Waals surface area contributed by atoms with Gasteiger partial charge < -0.3 is 10.6 Å². The second-order valence-corrected chi connectivity index (χ2v) is 5.41. The molecule has 2 rings (SSSR count). The predicted molar refractivity (Wildman–Crippen MR) is 73.0 cm³/mol. The van der Waals surface area contributed by atoms with Gasteiger partial charge in [-0.15, -0.1) is 11.3 Å². The normalized spacial score (nSPS) is 11.4. The lowest BCUT2D eigenvalue weighted by atomic mass is 10.2. The molecule has 2 aromatic rings. The summed E-state index contributed by atoms with van der Waals surface area (Å²) in [5, 5.41) is 6.28. The van der Waals surface area contributed by atoms with Crippen LogP contribution < -0.4 is 10.6 Å². The Morgan fingerprint density at radius 1 is 1.25 bits per heavy atom. The SMILES string of the molecule is CNc1cc(C(F)(F)F)cc(NCc2ncc(C)s2)n1. The molecule has 4 nitrogen and oxygen atoms in total. The zero-order valence-corrected chi connectivity index (χ0v) is 11.7. The van der Waals surface area contributed by atoms with Crippen LogP contribution in [-0.4, -0.2) is 17.0 Å². The number of aromatic nitrogens is 2. The van der Waals surface area contributed by atoms with Gasteiger partial charge in [0, 0.05) is 18.1 Å². The minimum atomic E-state index is -4.40. The third kappa shape index (κ3) is 3.60. The number of alkyl halides is 3. The summed E-state index contributed by atoms with van der Waals surface area (Å²) in [6.45, 7) is 2.26. The second-order valence-electron chi connectivity index (χ2n) is 4.09. The Hall–Kier alpha value is -1.83. The topological polar surface area (TPSA) is 49.8 Å². The molecule has 2 heterocycles. The van der Waals surface area contributed by atoms with Crippen LogP contribution in [0.2, 0.25) is 0 Å². The molecular formula is C12H13F3N4S. The molecule has 0 aliphatic rings. The van der Waals surface area contributed by atoms with Gasteiger partial charge in [0.2, 0.25) is 0 Å². The van der Waals surface area contributed by atoms with Crippen molar-refractivity contribution in [3.63, 3.8) is 0 Å². The van der Waals surface area contributed by atoms with Crippen LogP contribution in [0.1, 0.15) is 15.4 Å². The van der Waals surface area contributed by atoms with Gasteiger partial charge in [0.15, 0.2) is 0 Å². The first kappa shape index (κ1) is 14.6. The van der Waals surface area contributed by atoms with Gasteiger partial charge in [0.05, 0.1) is 12.1 Å². The first-order chi connectivity index (χ1) is 9.38. The molecule has 0 radical (unpaired) electrons. The summed E-state index contributed by atoms with van der Waals surface area (Å²) in [6.07, 6.45) is -2.68. The molecule has 2 N–H and O–H groups in total. The van der Waals surface area contributed by atoms with Gasteiger partial charge in [0.1, 0.15) is 16.6 Å². The van der Waals surface area contributed by atoms with E-state index < -0.39 is 11.7 Å². The number of halogens is 3. The number of anilines is 2. The maximum Gasteiger partial charge on any atom is 0.416 e. The first-order valence-electron chi connectivity index (χ1n) is 5.80. The fraction of sp³-hybridized carbons (Fsp3) is 0.333. The van der Waals surface area contributed by atoms with E-state index in [-0.39, 0.29) is 11.6 Å². The number of nitrogens with zero attached hydrogens (tertiary/aromatic N) is 2. The molecule has 0 amide bonds. The number of thiazole rings is 1. The van der Waals surface area contributed by atoms with Crippen molar-refractivity contribution in [1.82, 2.24) is 9.97 Å². The van der Waals surface area contributed by atoms with Crippen LogP contribution in [0.15, 0.2) is 18.3 Å². The van der Waals surface area contributed by atoms with Crippen molar-refractivity contribution in [3.05, 3.63) is 33.8 Å². The van der Waals surface area contributed by atoms with Crippen molar-refractivity contribution < 1.29 is 13.2 Å². The monoisotopic (exact) mass is 302 g/mol. The number of hydrogen-bond acceptors (Lipinski definition) is 5. The molecule has 0 aliphatic heterocycles. The molecule has 2 aromatic heterocycles. The molecule has 108 valence electrons. The molecule has 0 atom stereocenters. The van der Waals surface area contributed by atoms with Crippen LogP contribution in [0.25, 0.3) is 0 Å². The molecular weight excluding hydrogens is 289 g/mol.